The number of anilines is 1. The second kappa shape index (κ2) is 10.1. The molecule has 0 spiro atoms. The van der Waals surface area contributed by atoms with E-state index in [9.17, 15) is 14.9 Å². The van der Waals surface area contributed by atoms with E-state index in [1.165, 1.54) is 18.4 Å². The number of carbonyl (C=O) groups excluding carboxylic acids is 2. The first-order valence-corrected chi connectivity index (χ1v) is 10.8. The van der Waals surface area contributed by atoms with Gasteiger partial charge in [0.05, 0.1) is 25.8 Å². The highest BCUT2D eigenvalue weighted by molar-refractivity contribution is 7.16. The Morgan fingerprint density at radius 3 is 2.70 bits per heavy atom. The topological polar surface area (TPSA) is 91.7 Å². The highest BCUT2D eigenvalue weighted by Crippen LogP contribution is 2.37. The van der Waals surface area contributed by atoms with Crippen molar-refractivity contribution in [3.63, 3.8) is 0 Å². The molecule has 2 aromatic rings. The average Bonchev–Trinajstić information content (AvgIpc) is 3.12. The molecular weight excluding hydrogens is 402 g/mol. The summed E-state index contributed by atoms with van der Waals surface area (Å²) in [6.07, 6.45) is 3.44. The molecule has 0 unspecified atom stereocenters. The van der Waals surface area contributed by atoms with Crippen molar-refractivity contribution in [1.29, 1.82) is 5.26 Å². The molecule has 1 aliphatic heterocycles. The van der Waals surface area contributed by atoms with Crippen LogP contribution in [0.5, 0.6) is 5.75 Å². The van der Waals surface area contributed by atoms with Crippen molar-refractivity contribution in [2.75, 3.05) is 25.6 Å². The van der Waals surface area contributed by atoms with Crippen molar-refractivity contribution >= 4 is 28.3 Å². The molecule has 0 fully saturated rings. The van der Waals surface area contributed by atoms with Gasteiger partial charge in [0.25, 0.3) is 5.91 Å². The maximum absolute atomic E-state index is 12.7. The van der Waals surface area contributed by atoms with Gasteiger partial charge >= 0.3 is 6.09 Å². The predicted octanol–water partition coefficient (Wildman–Crippen LogP) is 4.57. The summed E-state index contributed by atoms with van der Waals surface area (Å²) in [5.41, 5.74) is 1.86. The van der Waals surface area contributed by atoms with Gasteiger partial charge in [-0.3, -0.25) is 4.79 Å². The van der Waals surface area contributed by atoms with Gasteiger partial charge in [0.2, 0.25) is 0 Å². The van der Waals surface area contributed by atoms with Crippen LogP contribution in [0.3, 0.4) is 0 Å². The van der Waals surface area contributed by atoms with Crippen LogP contribution in [0, 0.1) is 11.3 Å². The molecule has 1 N–H and O–H groups in total. The minimum atomic E-state index is -0.393. The molecule has 0 aliphatic carbocycles. The molecule has 30 heavy (non-hydrogen) atoms. The highest BCUT2D eigenvalue weighted by atomic mass is 32.1. The zero-order valence-corrected chi connectivity index (χ0v) is 18.0. The molecule has 0 atom stereocenters. The third-order valence-electron chi connectivity index (χ3n) is 4.96. The molecule has 0 saturated carbocycles. The number of methoxy groups -OCH3 is 1. The Balaban J connectivity index is 1.68. The third kappa shape index (κ3) is 4.92. The summed E-state index contributed by atoms with van der Waals surface area (Å²) in [5.74, 6) is 0.447. The number of rotatable bonds is 7. The number of carbonyl (C=O) groups is 2. The van der Waals surface area contributed by atoms with Gasteiger partial charge in [-0.1, -0.05) is 19.8 Å². The van der Waals surface area contributed by atoms with Crippen LogP contribution in [0.2, 0.25) is 0 Å². The molecule has 0 saturated heterocycles. The largest absolute Gasteiger partial charge is 0.494 e. The Morgan fingerprint density at radius 1 is 1.27 bits per heavy atom. The van der Waals surface area contributed by atoms with Gasteiger partial charge in [-0.05, 0) is 42.7 Å². The minimum absolute atomic E-state index is 0.285. The van der Waals surface area contributed by atoms with Gasteiger partial charge in [0, 0.05) is 17.0 Å². The van der Waals surface area contributed by atoms with Gasteiger partial charge in [-0.15, -0.1) is 11.3 Å². The van der Waals surface area contributed by atoms with Crippen molar-refractivity contribution in [2.24, 2.45) is 0 Å². The molecule has 0 bridgehead atoms. The highest BCUT2D eigenvalue weighted by Gasteiger charge is 2.28. The Kier molecular flexibility index (Phi) is 7.31. The first-order valence-electron chi connectivity index (χ1n) is 9.99. The van der Waals surface area contributed by atoms with Crippen LogP contribution in [0.25, 0.3) is 0 Å². The van der Waals surface area contributed by atoms with Crippen molar-refractivity contribution in [3.8, 4) is 11.8 Å². The summed E-state index contributed by atoms with van der Waals surface area (Å²) < 4.78 is 10.5. The van der Waals surface area contributed by atoms with Gasteiger partial charge in [0.15, 0.2) is 0 Å². The van der Waals surface area contributed by atoms with Gasteiger partial charge < -0.3 is 19.7 Å². The van der Waals surface area contributed by atoms with Crippen molar-refractivity contribution in [2.45, 2.75) is 39.2 Å². The van der Waals surface area contributed by atoms with E-state index >= 15 is 0 Å². The summed E-state index contributed by atoms with van der Waals surface area (Å²) in [6.45, 7) is 3.66. The molecule has 1 aromatic carbocycles. The number of unbranched alkanes of at least 4 members (excludes halogenated alkanes) is 2. The molecular formula is C22H25N3O4S. The number of fused-ring (bicyclic) bond motifs is 1. The zero-order valence-electron chi connectivity index (χ0n) is 17.2. The van der Waals surface area contributed by atoms with E-state index in [0.29, 0.717) is 42.2 Å². The van der Waals surface area contributed by atoms with E-state index < -0.39 is 6.09 Å². The maximum atomic E-state index is 12.7. The van der Waals surface area contributed by atoms with E-state index in [1.54, 1.807) is 29.2 Å². The van der Waals surface area contributed by atoms with E-state index in [2.05, 4.69) is 18.3 Å². The van der Waals surface area contributed by atoms with Crippen LogP contribution >= 0.6 is 11.3 Å². The van der Waals surface area contributed by atoms with Crippen LogP contribution in [-0.4, -0.2) is 37.2 Å². The summed E-state index contributed by atoms with van der Waals surface area (Å²) in [5, 5.41) is 13.0. The molecule has 1 aromatic heterocycles. The summed E-state index contributed by atoms with van der Waals surface area (Å²) in [7, 11) is 1.35. The molecule has 3 rings (SSSR count). The molecule has 1 aliphatic rings. The van der Waals surface area contributed by atoms with Crippen molar-refractivity contribution in [3.05, 3.63) is 45.8 Å². The van der Waals surface area contributed by atoms with E-state index in [-0.39, 0.29) is 5.91 Å². The fraction of sp³-hybridized carbons (Fsp3) is 0.409. The summed E-state index contributed by atoms with van der Waals surface area (Å²) in [6, 6.07) is 9.18. The average molecular weight is 428 g/mol. The quantitative estimate of drug-likeness (QED) is 0.654. The lowest BCUT2D eigenvalue weighted by molar-refractivity contribution is 0.102. The van der Waals surface area contributed by atoms with Crippen molar-refractivity contribution < 1.29 is 19.1 Å². The standard InChI is InChI=1S/C22H25N3O4S/c1-3-4-5-12-29-16-8-6-15(7-9-16)20(26)24-21-18(13-23)17-10-11-25(22(27)28-2)14-19(17)30-21/h6-9H,3-5,10-12,14H2,1-2H3,(H,24,26). The summed E-state index contributed by atoms with van der Waals surface area (Å²) in [4.78, 5) is 27.0. The lowest BCUT2D eigenvalue weighted by atomic mass is 10.0. The lowest BCUT2D eigenvalue weighted by Gasteiger charge is -2.25. The Labute approximate surface area is 180 Å². The molecule has 2 heterocycles. The number of hydrogen-bond acceptors (Lipinski definition) is 6. The van der Waals surface area contributed by atoms with Gasteiger partial charge in [-0.25, -0.2) is 4.79 Å². The van der Waals surface area contributed by atoms with Crippen LogP contribution in [0.1, 0.15) is 52.5 Å². The summed E-state index contributed by atoms with van der Waals surface area (Å²) >= 11 is 1.33. The predicted molar refractivity (Wildman–Crippen MR) is 115 cm³/mol. The minimum Gasteiger partial charge on any atom is -0.494 e. The number of nitrogens with zero attached hydrogens (tertiary/aromatic N) is 2. The molecule has 158 valence electrons. The molecule has 2 amide bonds. The fourth-order valence-electron chi connectivity index (χ4n) is 3.31. The third-order valence-corrected chi connectivity index (χ3v) is 6.09. The van der Waals surface area contributed by atoms with Crippen molar-refractivity contribution in [1.82, 2.24) is 4.90 Å². The first kappa shape index (κ1) is 21.7. The number of nitrogens with one attached hydrogen (secondary N) is 1. The lowest BCUT2D eigenvalue weighted by Crippen LogP contribution is -2.35. The van der Waals surface area contributed by atoms with Crippen LogP contribution in [0.15, 0.2) is 24.3 Å². The van der Waals surface area contributed by atoms with Crippen LogP contribution in [-0.2, 0) is 17.7 Å². The van der Waals surface area contributed by atoms with E-state index in [0.717, 1.165) is 35.5 Å². The van der Waals surface area contributed by atoms with Gasteiger partial charge in [-0.2, -0.15) is 5.26 Å². The van der Waals surface area contributed by atoms with Crippen LogP contribution in [0.4, 0.5) is 9.80 Å². The van der Waals surface area contributed by atoms with Crippen LogP contribution < -0.4 is 10.1 Å². The number of amides is 2. The Bertz CT molecular complexity index is 947. The molecule has 7 nitrogen and oxygen atoms in total. The number of thiophene rings is 1. The number of nitriles is 1. The normalized spacial score (nSPS) is 12.6. The number of ether oxygens (including phenoxy) is 2. The monoisotopic (exact) mass is 427 g/mol. The maximum Gasteiger partial charge on any atom is 0.409 e. The Morgan fingerprint density at radius 2 is 2.03 bits per heavy atom. The second-order valence-corrected chi connectivity index (χ2v) is 8.10. The van der Waals surface area contributed by atoms with E-state index in [1.807, 2.05) is 0 Å². The zero-order chi connectivity index (χ0) is 21.5. The SMILES string of the molecule is CCCCCOc1ccc(C(=O)Nc2sc3c(c2C#N)CCN(C(=O)OC)C3)cc1. The van der Waals surface area contributed by atoms with Gasteiger partial charge in [0.1, 0.15) is 16.8 Å². The Hall–Kier alpha value is -3.05. The molecule has 8 heteroatoms. The number of hydrogen-bond donors (Lipinski definition) is 1. The smallest absolute Gasteiger partial charge is 0.409 e. The number of benzene rings is 1. The van der Waals surface area contributed by atoms with E-state index in [4.69, 9.17) is 9.47 Å². The fourth-order valence-corrected chi connectivity index (χ4v) is 4.52. The molecule has 0 radical (unpaired) electrons. The first-order chi connectivity index (χ1) is 14.6. The second-order valence-electron chi connectivity index (χ2n) is 7.00.